The lowest BCUT2D eigenvalue weighted by molar-refractivity contribution is -0.118. The number of carbonyl (C=O) groups excluding carboxylic acids is 1. The number of carbonyl (C=O) groups is 1. The summed E-state index contributed by atoms with van der Waals surface area (Å²) >= 11 is 3.49. The van der Waals surface area contributed by atoms with Gasteiger partial charge in [0, 0.05) is 23.2 Å². The number of nitrogens with zero attached hydrogens (tertiary/aromatic N) is 2. The molecule has 0 spiro atoms. The first-order valence-electron chi connectivity index (χ1n) is 10.0. The van der Waals surface area contributed by atoms with E-state index < -0.39 is 10.0 Å². The molecule has 160 valence electrons. The SMILES string of the molecule is C[C@H]1Cc2cc(Br)ccc2N1C(=O)Cc1ccc(N(C)S(=O)(=O)c2ccccc2)cc1. The van der Waals surface area contributed by atoms with Gasteiger partial charge in [-0.3, -0.25) is 9.10 Å². The summed E-state index contributed by atoms with van der Waals surface area (Å²) in [7, 11) is -2.10. The normalized spacial score (nSPS) is 15.6. The van der Waals surface area contributed by atoms with Gasteiger partial charge >= 0.3 is 0 Å². The van der Waals surface area contributed by atoms with E-state index in [1.807, 2.05) is 29.2 Å². The van der Waals surface area contributed by atoms with Gasteiger partial charge in [-0.15, -0.1) is 0 Å². The van der Waals surface area contributed by atoms with Crippen LogP contribution >= 0.6 is 15.9 Å². The molecule has 1 heterocycles. The second kappa shape index (κ2) is 8.48. The summed E-state index contributed by atoms with van der Waals surface area (Å²) < 4.78 is 27.9. The van der Waals surface area contributed by atoms with Crippen LogP contribution < -0.4 is 9.21 Å². The third-order valence-corrected chi connectivity index (χ3v) is 7.88. The van der Waals surface area contributed by atoms with Crippen molar-refractivity contribution in [3.05, 3.63) is 88.4 Å². The van der Waals surface area contributed by atoms with Crippen molar-refractivity contribution in [1.82, 2.24) is 0 Å². The van der Waals surface area contributed by atoms with Gasteiger partial charge in [-0.2, -0.15) is 0 Å². The van der Waals surface area contributed by atoms with E-state index in [9.17, 15) is 13.2 Å². The number of benzene rings is 3. The van der Waals surface area contributed by atoms with Crippen LogP contribution in [0.5, 0.6) is 0 Å². The van der Waals surface area contributed by atoms with Crippen molar-refractivity contribution in [2.75, 3.05) is 16.3 Å². The van der Waals surface area contributed by atoms with Crippen molar-refractivity contribution in [3.8, 4) is 0 Å². The molecule has 0 aliphatic carbocycles. The molecular weight excluding hydrogens is 476 g/mol. The summed E-state index contributed by atoms with van der Waals surface area (Å²) in [6.07, 6.45) is 1.09. The van der Waals surface area contributed by atoms with Crippen molar-refractivity contribution >= 4 is 43.2 Å². The molecule has 3 aromatic rings. The largest absolute Gasteiger partial charge is 0.309 e. The van der Waals surface area contributed by atoms with Crippen LogP contribution in [-0.2, 0) is 27.7 Å². The van der Waals surface area contributed by atoms with E-state index in [1.54, 1.807) is 42.5 Å². The van der Waals surface area contributed by atoms with Gasteiger partial charge in [0.05, 0.1) is 17.0 Å². The van der Waals surface area contributed by atoms with Gasteiger partial charge in [0.15, 0.2) is 0 Å². The Morgan fingerprint density at radius 2 is 1.74 bits per heavy atom. The van der Waals surface area contributed by atoms with E-state index in [2.05, 4.69) is 28.9 Å². The van der Waals surface area contributed by atoms with E-state index in [1.165, 1.54) is 16.9 Å². The standard InChI is InChI=1S/C24H23BrN2O3S/c1-17-14-19-16-20(25)10-13-23(19)27(17)24(28)15-18-8-11-21(12-9-18)26(2)31(29,30)22-6-4-3-5-7-22/h3-13,16-17H,14-15H2,1-2H3/t17-/m0/s1. The Labute approximate surface area is 191 Å². The minimum Gasteiger partial charge on any atom is -0.309 e. The fraction of sp³-hybridized carbons (Fsp3) is 0.208. The molecule has 1 atom stereocenters. The van der Waals surface area contributed by atoms with Crippen LogP contribution in [-0.4, -0.2) is 27.4 Å². The smallest absolute Gasteiger partial charge is 0.264 e. The van der Waals surface area contributed by atoms with E-state index in [-0.39, 0.29) is 23.3 Å². The molecule has 7 heteroatoms. The Kier molecular flexibility index (Phi) is 5.90. The van der Waals surface area contributed by atoms with E-state index >= 15 is 0 Å². The fourth-order valence-corrected chi connectivity index (χ4v) is 5.58. The molecule has 0 saturated carbocycles. The topological polar surface area (TPSA) is 57.7 Å². The maximum Gasteiger partial charge on any atom is 0.264 e. The molecule has 31 heavy (non-hydrogen) atoms. The van der Waals surface area contributed by atoms with Crippen LogP contribution in [0.4, 0.5) is 11.4 Å². The number of hydrogen-bond acceptors (Lipinski definition) is 3. The molecule has 4 rings (SSSR count). The number of rotatable bonds is 5. The molecule has 0 N–H and O–H groups in total. The van der Waals surface area contributed by atoms with Crippen LogP contribution in [0.15, 0.2) is 82.2 Å². The molecule has 1 aliphatic heterocycles. The van der Waals surface area contributed by atoms with Crippen molar-refractivity contribution in [3.63, 3.8) is 0 Å². The maximum absolute atomic E-state index is 13.0. The van der Waals surface area contributed by atoms with Gasteiger partial charge in [-0.25, -0.2) is 8.42 Å². The molecule has 0 radical (unpaired) electrons. The number of amides is 1. The molecule has 0 saturated heterocycles. The van der Waals surface area contributed by atoms with E-state index in [0.717, 1.165) is 22.1 Å². The minimum absolute atomic E-state index is 0.0339. The quantitative estimate of drug-likeness (QED) is 0.507. The molecule has 0 bridgehead atoms. The zero-order valence-electron chi connectivity index (χ0n) is 17.3. The second-order valence-corrected chi connectivity index (χ2v) is 10.6. The fourth-order valence-electron chi connectivity index (χ4n) is 3.95. The molecule has 5 nitrogen and oxygen atoms in total. The van der Waals surface area contributed by atoms with Crippen LogP contribution in [0.3, 0.4) is 0 Å². The Morgan fingerprint density at radius 3 is 2.42 bits per heavy atom. The number of hydrogen-bond donors (Lipinski definition) is 0. The number of anilines is 2. The maximum atomic E-state index is 13.0. The number of halogens is 1. The molecule has 1 aliphatic rings. The zero-order chi connectivity index (χ0) is 22.2. The van der Waals surface area contributed by atoms with Gasteiger partial charge in [0.2, 0.25) is 5.91 Å². The van der Waals surface area contributed by atoms with Gasteiger partial charge in [-0.05, 0) is 66.9 Å². The first kappa shape index (κ1) is 21.6. The molecule has 0 aromatic heterocycles. The highest BCUT2D eigenvalue weighted by Gasteiger charge is 2.30. The second-order valence-electron chi connectivity index (χ2n) is 7.72. The van der Waals surface area contributed by atoms with Gasteiger partial charge in [0.1, 0.15) is 0 Å². The first-order chi connectivity index (χ1) is 14.8. The van der Waals surface area contributed by atoms with E-state index in [4.69, 9.17) is 0 Å². The summed E-state index contributed by atoms with van der Waals surface area (Å²) in [6, 6.07) is 21.5. The lowest BCUT2D eigenvalue weighted by Gasteiger charge is -2.23. The van der Waals surface area contributed by atoms with E-state index in [0.29, 0.717) is 5.69 Å². The molecule has 1 amide bonds. The zero-order valence-corrected chi connectivity index (χ0v) is 19.7. The summed E-state index contributed by atoms with van der Waals surface area (Å²) in [4.78, 5) is 15.1. The van der Waals surface area contributed by atoms with Gasteiger partial charge in [0.25, 0.3) is 10.0 Å². The monoisotopic (exact) mass is 498 g/mol. The highest BCUT2D eigenvalue weighted by molar-refractivity contribution is 9.10. The number of fused-ring (bicyclic) bond motifs is 1. The lowest BCUT2D eigenvalue weighted by Crippen LogP contribution is -2.36. The summed E-state index contributed by atoms with van der Waals surface area (Å²) in [5, 5.41) is 0. The van der Waals surface area contributed by atoms with Crippen LogP contribution in [0.1, 0.15) is 18.1 Å². The summed E-state index contributed by atoms with van der Waals surface area (Å²) in [5.74, 6) is 0.0339. The predicted octanol–water partition coefficient (Wildman–Crippen LogP) is 4.79. The highest BCUT2D eigenvalue weighted by Crippen LogP contribution is 2.34. The Bertz CT molecular complexity index is 1210. The number of sulfonamides is 1. The summed E-state index contributed by atoms with van der Waals surface area (Å²) in [5.41, 5.74) is 3.52. The van der Waals surface area contributed by atoms with Gasteiger partial charge < -0.3 is 4.90 Å². The third-order valence-electron chi connectivity index (χ3n) is 5.58. The third kappa shape index (κ3) is 4.25. The molecule has 0 unspecified atom stereocenters. The van der Waals surface area contributed by atoms with Crippen LogP contribution in [0.25, 0.3) is 0 Å². The van der Waals surface area contributed by atoms with Crippen LogP contribution in [0.2, 0.25) is 0 Å². The average Bonchev–Trinajstić information content (AvgIpc) is 3.09. The van der Waals surface area contributed by atoms with Crippen molar-refractivity contribution < 1.29 is 13.2 Å². The summed E-state index contributed by atoms with van der Waals surface area (Å²) in [6.45, 7) is 2.05. The van der Waals surface area contributed by atoms with Crippen molar-refractivity contribution in [1.29, 1.82) is 0 Å². The molecule has 3 aromatic carbocycles. The Balaban J connectivity index is 1.50. The van der Waals surface area contributed by atoms with Crippen molar-refractivity contribution in [2.45, 2.75) is 30.7 Å². The first-order valence-corrected chi connectivity index (χ1v) is 12.2. The molecule has 0 fully saturated rings. The van der Waals surface area contributed by atoms with Crippen LogP contribution in [0, 0.1) is 0 Å². The Morgan fingerprint density at radius 1 is 1.06 bits per heavy atom. The molecular formula is C24H23BrN2O3S. The van der Waals surface area contributed by atoms with Gasteiger partial charge in [-0.1, -0.05) is 46.3 Å². The lowest BCUT2D eigenvalue weighted by atomic mass is 10.1. The average molecular weight is 499 g/mol. The Hall–Kier alpha value is -2.64. The van der Waals surface area contributed by atoms with Crippen molar-refractivity contribution in [2.24, 2.45) is 0 Å². The minimum atomic E-state index is -3.63. The highest BCUT2D eigenvalue weighted by atomic mass is 79.9. The predicted molar refractivity (Wildman–Crippen MR) is 127 cm³/mol.